The molecular weight excluding hydrogens is 260 g/mol. The Morgan fingerprint density at radius 3 is 2.47 bits per heavy atom. The number of carbonyl (C=O) groups is 1. The standard InChI is InChI=1S/C14H16N2O2S/c1-3-9(4-2)11-12(14(17)18)19-13(16-11)10-5-7-15-8-6-10/h5-9H,3-4H2,1-2H3,(H,17,18). The first kappa shape index (κ1) is 13.7. The zero-order valence-electron chi connectivity index (χ0n) is 11.0. The van der Waals surface area contributed by atoms with Crippen molar-refractivity contribution >= 4 is 17.3 Å². The highest BCUT2D eigenvalue weighted by Crippen LogP contribution is 2.34. The number of aromatic nitrogens is 2. The SMILES string of the molecule is CCC(CC)c1nc(-c2ccncc2)sc1C(=O)O. The van der Waals surface area contributed by atoms with Gasteiger partial charge in [-0.15, -0.1) is 11.3 Å². The summed E-state index contributed by atoms with van der Waals surface area (Å²) in [5.41, 5.74) is 1.63. The lowest BCUT2D eigenvalue weighted by Gasteiger charge is -2.09. The van der Waals surface area contributed by atoms with E-state index >= 15 is 0 Å². The number of hydrogen-bond donors (Lipinski definition) is 1. The van der Waals surface area contributed by atoms with Gasteiger partial charge in [0.25, 0.3) is 0 Å². The van der Waals surface area contributed by atoms with Crippen LogP contribution in [0.5, 0.6) is 0 Å². The van der Waals surface area contributed by atoms with Gasteiger partial charge in [0, 0.05) is 23.9 Å². The predicted octanol–water partition coefficient (Wildman–Crippen LogP) is 3.81. The molecule has 5 heteroatoms. The number of thiazole rings is 1. The molecule has 0 spiro atoms. The molecule has 0 aliphatic carbocycles. The molecule has 0 aliphatic heterocycles. The van der Waals surface area contributed by atoms with Crippen LogP contribution in [0.1, 0.15) is 48.0 Å². The molecule has 19 heavy (non-hydrogen) atoms. The van der Waals surface area contributed by atoms with Crippen LogP contribution in [0.15, 0.2) is 24.5 Å². The highest BCUT2D eigenvalue weighted by Gasteiger charge is 2.23. The van der Waals surface area contributed by atoms with Crippen molar-refractivity contribution < 1.29 is 9.90 Å². The van der Waals surface area contributed by atoms with Crippen LogP contribution in [0.4, 0.5) is 0 Å². The lowest BCUT2D eigenvalue weighted by atomic mass is 9.98. The Morgan fingerprint density at radius 1 is 1.32 bits per heavy atom. The maximum Gasteiger partial charge on any atom is 0.347 e. The zero-order chi connectivity index (χ0) is 13.8. The zero-order valence-corrected chi connectivity index (χ0v) is 11.8. The van der Waals surface area contributed by atoms with E-state index in [1.807, 2.05) is 12.1 Å². The average Bonchev–Trinajstić information content (AvgIpc) is 2.86. The van der Waals surface area contributed by atoms with Gasteiger partial charge in [0.1, 0.15) is 9.88 Å². The van der Waals surface area contributed by atoms with E-state index in [1.54, 1.807) is 12.4 Å². The number of hydrogen-bond acceptors (Lipinski definition) is 4. The molecule has 0 fully saturated rings. The molecule has 0 atom stereocenters. The molecule has 0 radical (unpaired) electrons. The van der Waals surface area contributed by atoms with Gasteiger partial charge in [-0.05, 0) is 25.0 Å². The fraction of sp³-hybridized carbons (Fsp3) is 0.357. The average molecular weight is 276 g/mol. The van der Waals surface area contributed by atoms with Crippen LogP contribution in [0.3, 0.4) is 0 Å². The number of nitrogens with zero attached hydrogens (tertiary/aromatic N) is 2. The first-order valence-corrected chi connectivity index (χ1v) is 7.13. The van der Waals surface area contributed by atoms with Crippen molar-refractivity contribution in [3.63, 3.8) is 0 Å². The van der Waals surface area contributed by atoms with Crippen molar-refractivity contribution in [2.75, 3.05) is 0 Å². The summed E-state index contributed by atoms with van der Waals surface area (Å²) >= 11 is 1.24. The molecule has 0 unspecified atom stereocenters. The summed E-state index contributed by atoms with van der Waals surface area (Å²) in [5.74, 6) is -0.683. The largest absolute Gasteiger partial charge is 0.477 e. The molecule has 2 rings (SSSR count). The van der Waals surface area contributed by atoms with E-state index in [1.165, 1.54) is 11.3 Å². The van der Waals surface area contributed by atoms with Gasteiger partial charge in [-0.1, -0.05) is 13.8 Å². The summed E-state index contributed by atoms with van der Waals surface area (Å²) in [7, 11) is 0. The number of carboxylic acids is 1. The molecule has 100 valence electrons. The van der Waals surface area contributed by atoms with Gasteiger partial charge in [-0.3, -0.25) is 4.98 Å². The molecule has 0 bridgehead atoms. The van der Waals surface area contributed by atoms with Crippen LogP contribution in [-0.2, 0) is 0 Å². The monoisotopic (exact) mass is 276 g/mol. The van der Waals surface area contributed by atoms with Gasteiger partial charge < -0.3 is 5.11 Å². The Balaban J connectivity index is 2.49. The normalized spacial score (nSPS) is 10.9. The van der Waals surface area contributed by atoms with Crippen LogP contribution in [0, 0.1) is 0 Å². The maximum absolute atomic E-state index is 11.4. The van der Waals surface area contributed by atoms with E-state index in [-0.39, 0.29) is 5.92 Å². The Bertz CT molecular complexity index is 562. The second kappa shape index (κ2) is 5.93. The quantitative estimate of drug-likeness (QED) is 0.902. The lowest BCUT2D eigenvalue weighted by molar-refractivity contribution is 0.0700. The summed E-state index contributed by atoms with van der Waals surface area (Å²) in [6.07, 6.45) is 5.18. The third-order valence-corrected chi connectivity index (χ3v) is 4.26. The molecule has 2 heterocycles. The Hall–Kier alpha value is -1.75. The maximum atomic E-state index is 11.4. The van der Waals surface area contributed by atoms with Crippen LogP contribution < -0.4 is 0 Å². The topological polar surface area (TPSA) is 63.1 Å². The molecule has 0 saturated carbocycles. The Labute approximate surface area is 116 Å². The van der Waals surface area contributed by atoms with E-state index in [4.69, 9.17) is 0 Å². The second-order valence-electron chi connectivity index (χ2n) is 4.29. The van der Waals surface area contributed by atoms with Gasteiger partial charge in [0.2, 0.25) is 0 Å². The van der Waals surface area contributed by atoms with Crippen molar-refractivity contribution in [2.45, 2.75) is 32.6 Å². The highest BCUT2D eigenvalue weighted by atomic mass is 32.1. The first-order valence-electron chi connectivity index (χ1n) is 6.31. The van der Waals surface area contributed by atoms with Crippen LogP contribution >= 0.6 is 11.3 Å². The lowest BCUT2D eigenvalue weighted by Crippen LogP contribution is -2.04. The molecule has 4 nitrogen and oxygen atoms in total. The first-order chi connectivity index (χ1) is 9.17. The van der Waals surface area contributed by atoms with Crippen LogP contribution in [0.25, 0.3) is 10.6 Å². The molecule has 0 amide bonds. The minimum absolute atomic E-state index is 0.206. The summed E-state index contributed by atoms with van der Waals surface area (Å²) in [6, 6.07) is 3.70. The molecule has 0 aromatic carbocycles. The minimum atomic E-state index is -0.889. The third kappa shape index (κ3) is 2.81. The molecule has 0 aliphatic rings. The van der Waals surface area contributed by atoms with E-state index in [9.17, 15) is 9.90 Å². The van der Waals surface area contributed by atoms with E-state index < -0.39 is 5.97 Å². The predicted molar refractivity (Wildman–Crippen MR) is 75.6 cm³/mol. The van der Waals surface area contributed by atoms with Crippen molar-refractivity contribution in [1.82, 2.24) is 9.97 Å². The van der Waals surface area contributed by atoms with Gasteiger partial charge in [-0.2, -0.15) is 0 Å². The smallest absolute Gasteiger partial charge is 0.347 e. The van der Waals surface area contributed by atoms with E-state index in [0.717, 1.165) is 23.4 Å². The Morgan fingerprint density at radius 2 is 1.95 bits per heavy atom. The third-order valence-electron chi connectivity index (χ3n) is 3.15. The van der Waals surface area contributed by atoms with E-state index in [2.05, 4.69) is 23.8 Å². The molecule has 2 aromatic heterocycles. The Kier molecular flexibility index (Phi) is 4.27. The number of aromatic carboxylic acids is 1. The fourth-order valence-corrected chi connectivity index (χ4v) is 3.05. The van der Waals surface area contributed by atoms with Gasteiger partial charge >= 0.3 is 5.97 Å². The van der Waals surface area contributed by atoms with Crippen LogP contribution in [-0.4, -0.2) is 21.0 Å². The minimum Gasteiger partial charge on any atom is -0.477 e. The van der Waals surface area contributed by atoms with Gasteiger partial charge in [0.15, 0.2) is 0 Å². The van der Waals surface area contributed by atoms with Crippen molar-refractivity contribution in [3.05, 3.63) is 35.1 Å². The van der Waals surface area contributed by atoms with E-state index in [0.29, 0.717) is 10.6 Å². The van der Waals surface area contributed by atoms with Gasteiger partial charge in [0.05, 0.1) is 5.69 Å². The molecule has 1 N–H and O–H groups in total. The highest BCUT2D eigenvalue weighted by molar-refractivity contribution is 7.17. The summed E-state index contributed by atoms with van der Waals surface area (Å²) < 4.78 is 0. The molecular formula is C14H16N2O2S. The summed E-state index contributed by atoms with van der Waals surface area (Å²) in [4.78, 5) is 20.2. The van der Waals surface area contributed by atoms with Gasteiger partial charge in [-0.25, -0.2) is 9.78 Å². The number of carboxylic acid groups (broad SMARTS) is 1. The van der Waals surface area contributed by atoms with Crippen LogP contribution in [0.2, 0.25) is 0 Å². The number of rotatable bonds is 5. The van der Waals surface area contributed by atoms with Crippen molar-refractivity contribution in [1.29, 1.82) is 0 Å². The summed E-state index contributed by atoms with van der Waals surface area (Å²) in [6.45, 7) is 4.12. The fourth-order valence-electron chi connectivity index (χ4n) is 2.06. The molecule has 2 aromatic rings. The summed E-state index contributed by atoms with van der Waals surface area (Å²) in [5, 5.41) is 10.1. The second-order valence-corrected chi connectivity index (χ2v) is 5.29. The molecule has 0 saturated heterocycles. The van der Waals surface area contributed by atoms with Crippen molar-refractivity contribution in [2.24, 2.45) is 0 Å². The number of pyridine rings is 1. The van der Waals surface area contributed by atoms with Crippen molar-refractivity contribution in [3.8, 4) is 10.6 Å².